The molecule has 0 amide bonds. The highest BCUT2D eigenvalue weighted by Gasteiger charge is 1.65. The summed E-state index contributed by atoms with van der Waals surface area (Å²) < 4.78 is 0. The van der Waals surface area contributed by atoms with Crippen LogP contribution in [0.1, 0.15) is 0 Å². The molecule has 4 nitrogen and oxygen atoms in total. The molecule has 0 heterocycles. The van der Waals surface area contributed by atoms with Crippen LogP contribution in [0.2, 0.25) is 0 Å². The van der Waals surface area contributed by atoms with E-state index in [0.717, 1.165) is 0 Å². The fourth-order valence-corrected chi connectivity index (χ4v) is 0.0962. The van der Waals surface area contributed by atoms with Crippen molar-refractivity contribution in [3.8, 4) is 0 Å². The third-order valence-corrected chi connectivity index (χ3v) is 0.250. The van der Waals surface area contributed by atoms with E-state index in [9.17, 15) is 0 Å². The van der Waals surface area contributed by atoms with E-state index in [2.05, 4.69) is 5.43 Å². The largest absolute Gasteiger partial charge is 0.384 e. The van der Waals surface area contributed by atoms with E-state index in [-0.39, 0.29) is 5.82 Å². The Morgan fingerprint density at radius 1 is 1.50 bits per heavy atom. The normalized spacial score (nSPS) is 6.83. The van der Waals surface area contributed by atoms with Crippen LogP contribution in [-0.2, 0) is 0 Å². The van der Waals surface area contributed by atoms with Gasteiger partial charge in [0.05, 0.1) is 6.20 Å². The molecule has 0 aliphatic heterocycles. The van der Waals surface area contributed by atoms with Crippen LogP contribution in [0.4, 0.5) is 0 Å². The second-order valence-corrected chi connectivity index (χ2v) is 0.811. The van der Waals surface area contributed by atoms with Gasteiger partial charge in [-0.15, -0.1) is 0 Å². The zero-order valence-corrected chi connectivity index (χ0v) is 3.31. The van der Waals surface area contributed by atoms with Gasteiger partial charge in [-0.05, 0) is 0 Å². The zero-order valence-electron chi connectivity index (χ0n) is 3.31. The molecule has 0 bridgehead atoms. The predicted octanol–water partition coefficient (Wildman–Crippen LogP) is -1.83. The lowest BCUT2D eigenvalue weighted by atomic mass is 10.8. The first kappa shape index (κ1) is 5.10. The first-order valence-electron chi connectivity index (χ1n) is 1.44. The minimum Gasteiger partial charge on any atom is -0.384 e. The second kappa shape index (κ2) is 2.34. The van der Waals surface area contributed by atoms with Gasteiger partial charge in [0.1, 0.15) is 5.82 Å². The van der Waals surface area contributed by atoms with Crippen LogP contribution in [0.3, 0.4) is 0 Å². The molecule has 0 saturated heterocycles. The smallest absolute Gasteiger partial charge is 0.111 e. The maximum absolute atomic E-state index is 4.90. The van der Waals surface area contributed by atoms with Gasteiger partial charge in [0, 0.05) is 0 Å². The summed E-state index contributed by atoms with van der Waals surface area (Å²) in [5.41, 5.74) is 12.0. The topological polar surface area (TPSA) is 90.1 Å². The third-order valence-electron chi connectivity index (χ3n) is 0.250. The summed E-state index contributed by atoms with van der Waals surface area (Å²) in [6.45, 7) is 0. The van der Waals surface area contributed by atoms with E-state index in [0.29, 0.717) is 0 Å². The third kappa shape index (κ3) is 3.10. The number of hydrogen-bond acceptors (Lipinski definition) is 4. The van der Waals surface area contributed by atoms with E-state index >= 15 is 0 Å². The van der Waals surface area contributed by atoms with Crippen molar-refractivity contribution in [3.05, 3.63) is 12.0 Å². The van der Waals surface area contributed by atoms with Gasteiger partial charge in [-0.1, -0.05) is 0 Å². The molecule has 0 unspecified atom stereocenters. The predicted molar refractivity (Wildman–Crippen MR) is 23.8 cm³/mol. The first-order chi connectivity index (χ1) is 2.77. The molecule has 0 fully saturated rings. The Labute approximate surface area is 36.0 Å². The highest BCUT2D eigenvalue weighted by Crippen LogP contribution is 1.54. The van der Waals surface area contributed by atoms with Crippen molar-refractivity contribution < 1.29 is 0 Å². The van der Waals surface area contributed by atoms with Crippen molar-refractivity contribution in [2.24, 2.45) is 17.3 Å². The molecule has 6 heavy (non-hydrogen) atoms. The van der Waals surface area contributed by atoms with Crippen LogP contribution >= 0.6 is 0 Å². The van der Waals surface area contributed by atoms with E-state index in [4.69, 9.17) is 17.3 Å². The fourth-order valence-electron chi connectivity index (χ4n) is 0.0962. The van der Waals surface area contributed by atoms with E-state index < -0.39 is 0 Å². The molecular weight excluding hydrogens is 80.1 g/mol. The Balaban J connectivity index is 3.14. The van der Waals surface area contributed by atoms with E-state index in [1.54, 1.807) is 0 Å². The number of nitrogens with two attached hydrogens (primary N) is 3. The second-order valence-electron chi connectivity index (χ2n) is 0.811. The minimum absolute atomic E-state index is 0.178. The van der Waals surface area contributed by atoms with Crippen LogP contribution in [-0.4, -0.2) is 0 Å². The van der Waals surface area contributed by atoms with Crippen LogP contribution in [0.5, 0.6) is 0 Å². The van der Waals surface area contributed by atoms with Crippen LogP contribution in [0.25, 0.3) is 0 Å². The van der Waals surface area contributed by atoms with Gasteiger partial charge in [0.2, 0.25) is 0 Å². The fraction of sp³-hybridized carbons (Fsp3) is 0. The summed E-state index contributed by atoms with van der Waals surface area (Å²) in [7, 11) is 0. The van der Waals surface area contributed by atoms with Gasteiger partial charge in [-0.2, -0.15) is 0 Å². The number of hydrogen-bond donors (Lipinski definition) is 4. The average Bonchev–Trinajstić information content (AvgIpc) is 1.35. The molecule has 0 spiro atoms. The summed E-state index contributed by atoms with van der Waals surface area (Å²) in [4.78, 5) is 0. The van der Waals surface area contributed by atoms with E-state index in [1.165, 1.54) is 6.20 Å². The number of hydrazine groups is 1. The molecular formula is C2H8N4. The Morgan fingerprint density at radius 3 is 2.00 bits per heavy atom. The Hall–Kier alpha value is -0.900. The lowest BCUT2D eigenvalue weighted by Crippen LogP contribution is -2.19. The lowest BCUT2D eigenvalue weighted by Gasteiger charge is -1.86. The van der Waals surface area contributed by atoms with Gasteiger partial charge in [-0.3, -0.25) is 5.84 Å². The zero-order chi connectivity index (χ0) is 4.99. The monoisotopic (exact) mass is 88.1 g/mol. The van der Waals surface area contributed by atoms with Gasteiger partial charge >= 0.3 is 0 Å². The number of nitrogens with one attached hydrogen (secondary N) is 1. The number of rotatable bonds is 1. The Morgan fingerprint density at radius 2 is 2.00 bits per heavy atom. The van der Waals surface area contributed by atoms with Crippen molar-refractivity contribution in [2.45, 2.75) is 0 Å². The Kier molecular flexibility index (Phi) is 1.99. The van der Waals surface area contributed by atoms with Crippen molar-refractivity contribution >= 4 is 0 Å². The van der Waals surface area contributed by atoms with Crippen LogP contribution < -0.4 is 22.7 Å². The summed E-state index contributed by atoms with van der Waals surface area (Å²) in [5.74, 6) is 4.92. The molecule has 0 rings (SSSR count). The molecule has 0 saturated carbocycles. The van der Waals surface area contributed by atoms with E-state index in [1.807, 2.05) is 0 Å². The maximum Gasteiger partial charge on any atom is 0.111 e. The van der Waals surface area contributed by atoms with Gasteiger partial charge in [0.15, 0.2) is 0 Å². The van der Waals surface area contributed by atoms with Crippen molar-refractivity contribution in [2.75, 3.05) is 0 Å². The molecule has 0 radical (unpaired) electrons. The van der Waals surface area contributed by atoms with Crippen LogP contribution in [0.15, 0.2) is 12.0 Å². The molecule has 4 heteroatoms. The lowest BCUT2D eigenvalue weighted by molar-refractivity contribution is 0.941. The van der Waals surface area contributed by atoms with Crippen LogP contribution in [0, 0.1) is 0 Å². The summed E-state index contributed by atoms with van der Waals surface area (Å²) >= 11 is 0. The quantitative estimate of drug-likeness (QED) is 0.224. The molecule has 0 atom stereocenters. The first-order valence-corrected chi connectivity index (χ1v) is 1.44. The van der Waals surface area contributed by atoms with Crippen molar-refractivity contribution in [1.29, 1.82) is 0 Å². The molecule has 0 aromatic carbocycles. The summed E-state index contributed by atoms with van der Waals surface area (Å²) in [6.07, 6.45) is 1.29. The molecule has 0 aliphatic rings. The standard InChI is InChI=1S/C2H8N4/c3-2(4)1-6-5/h1,6H,3-5H2. The van der Waals surface area contributed by atoms with Gasteiger partial charge in [-0.25, -0.2) is 0 Å². The molecule has 0 aliphatic carbocycles. The molecule has 0 aromatic heterocycles. The van der Waals surface area contributed by atoms with Crippen molar-refractivity contribution in [1.82, 2.24) is 5.43 Å². The molecule has 36 valence electrons. The minimum atomic E-state index is 0.178. The Bertz CT molecular complexity index is 52.6. The summed E-state index contributed by atoms with van der Waals surface area (Å²) in [6, 6.07) is 0. The van der Waals surface area contributed by atoms with Gasteiger partial charge in [0.25, 0.3) is 0 Å². The maximum atomic E-state index is 4.90. The highest BCUT2D eigenvalue weighted by molar-refractivity contribution is 4.85. The van der Waals surface area contributed by atoms with Crippen molar-refractivity contribution in [3.63, 3.8) is 0 Å². The molecule has 7 N–H and O–H groups in total. The SMILES string of the molecule is NNC=C(N)N. The van der Waals surface area contributed by atoms with Gasteiger partial charge < -0.3 is 16.9 Å². The summed E-state index contributed by atoms with van der Waals surface area (Å²) in [5, 5.41) is 0. The molecule has 0 aromatic rings. The average molecular weight is 88.1 g/mol. The highest BCUT2D eigenvalue weighted by atomic mass is 15.2.